The Morgan fingerprint density at radius 1 is 1.21 bits per heavy atom. The second-order valence-electron chi connectivity index (χ2n) is 5.19. The van der Waals surface area contributed by atoms with Crippen molar-refractivity contribution in [3.63, 3.8) is 0 Å². The van der Waals surface area contributed by atoms with Crippen molar-refractivity contribution in [2.45, 2.75) is 18.7 Å². The summed E-state index contributed by atoms with van der Waals surface area (Å²) < 4.78 is 1.55. The molecule has 0 unspecified atom stereocenters. The van der Waals surface area contributed by atoms with Crippen molar-refractivity contribution in [1.82, 2.24) is 9.88 Å². The van der Waals surface area contributed by atoms with E-state index in [1.54, 1.807) is 16.8 Å². The topological polar surface area (TPSA) is 88.4 Å². The molecule has 0 radical (unpaired) electrons. The average Bonchev–Trinajstić information content (AvgIpc) is 2.55. The molecule has 0 aliphatic rings. The molecule has 6 nitrogen and oxygen atoms in total. The molecule has 2 rings (SSSR count). The van der Waals surface area contributed by atoms with Crippen LogP contribution in [-0.4, -0.2) is 33.3 Å². The molecule has 0 bridgehead atoms. The fourth-order valence-electron chi connectivity index (χ4n) is 2.12. The smallest absolute Gasteiger partial charge is 0.327 e. The number of nitrogens with zero attached hydrogens (tertiary/aromatic N) is 1. The maximum atomic E-state index is 12.0. The van der Waals surface area contributed by atoms with Gasteiger partial charge in [-0.2, -0.15) is 11.8 Å². The maximum absolute atomic E-state index is 12.0. The molecule has 0 saturated heterocycles. The van der Waals surface area contributed by atoms with Crippen LogP contribution >= 0.6 is 11.8 Å². The summed E-state index contributed by atoms with van der Waals surface area (Å²) in [5, 5.41) is 11.5. The Kier molecular flexibility index (Phi) is 6.20. The number of hydrogen-bond acceptors (Lipinski definition) is 4. The normalized spacial score (nSPS) is 11.7. The standard InChI is InChI=1S/C17H18N2O4S/c1-12(20)18-15(17(22)23)11-24-10-13-7-8-16(21)19(9-13)14-5-3-2-4-6-14/h2-9,15H,10-11H2,1H3,(H,18,20)(H,22,23)/t15-/m0/s1. The highest BCUT2D eigenvalue weighted by atomic mass is 32.2. The zero-order valence-corrected chi connectivity index (χ0v) is 14.0. The quantitative estimate of drug-likeness (QED) is 0.796. The number of rotatable bonds is 7. The zero-order valence-electron chi connectivity index (χ0n) is 13.1. The van der Waals surface area contributed by atoms with E-state index in [0.29, 0.717) is 5.75 Å². The average molecular weight is 346 g/mol. The molecule has 1 atom stereocenters. The predicted octanol–water partition coefficient (Wildman–Crippen LogP) is 1.66. The van der Waals surface area contributed by atoms with Crippen molar-refractivity contribution in [3.05, 3.63) is 64.6 Å². The molecule has 2 aromatic rings. The molecule has 126 valence electrons. The summed E-state index contributed by atoms with van der Waals surface area (Å²) in [6.45, 7) is 1.29. The van der Waals surface area contributed by atoms with Gasteiger partial charge in [-0.05, 0) is 17.7 Å². The van der Waals surface area contributed by atoms with Gasteiger partial charge in [-0.15, -0.1) is 0 Å². The molecule has 0 aliphatic heterocycles. The van der Waals surface area contributed by atoms with Gasteiger partial charge in [-0.3, -0.25) is 14.2 Å². The number of benzene rings is 1. The maximum Gasteiger partial charge on any atom is 0.327 e. The Balaban J connectivity index is 2.04. The Morgan fingerprint density at radius 3 is 2.54 bits per heavy atom. The predicted molar refractivity (Wildman–Crippen MR) is 93.4 cm³/mol. The summed E-state index contributed by atoms with van der Waals surface area (Å²) in [7, 11) is 0. The van der Waals surface area contributed by atoms with Gasteiger partial charge < -0.3 is 10.4 Å². The molecule has 24 heavy (non-hydrogen) atoms. The van der Waals surface area contributed by atoms with Crippen LogP contribution in [0.5, 0.6) is 0 Å². The lowest BCUT2D eigenvalue weighted by atomic mass is 10.2. The number of carboxylic acid groups (broad SMARTS) is 1. The highest BCUT2D eigenvalue weighted by Gasteiger charge is 2.18. The van der Waals surface area contributed by atoms with Gasteiger partial charge in [0.1, 0.15) is 6.04 Å². The number of para-hydroxylation sites is 1. The summed E-state index contributed by atoms with van der Waals surface area (Å²) in [5.74, 6) is -0.650. The van der Waals surface area contributed by atoms with Crippen molar-refractivity contribution in [2.24, 2.45) is 0 Å². The summed E-state index contributed by atoms with van der Waals surface area (Å²) in [6.07, 6.45) is 1.75. The molecular formula is C17H18N2O4S. The van der Waals surface area contributed by atoms with Crippen molar-refractivity contribution in [3.8, 4) is 5.69 Å². The van der Waals surface area contributed by atoms with E-state index in [9.17, 15) is 14.4 Å². The lowest BCUT2D eigenvalue weighted by Gasteiger charge is -2.13. The highest BCUT2D eigenvalue weighted by Crippen LogP contribution is 2.14. The van der Waals surface area contributed by atoms with E-state index in [2.05, 4.69) is 5.32 Å². The molecule has 0 spiro atoms. The van der Waals surface area contributed by atoms with Gasteiger partial charge >= 0.3 is 5.97 Å². The number of hydrogen-bond donors (Lipinski definition) is 2. The fourth-order valence-corrected chi connectivity index (χ4v) is 3.11. The monoisotopic (exact) mass is 346 g/mol. The third kappa shape index (κ3) is 4.99. The van der Waals surface area contributed by atoms with E-state index in [0.717, 1.165) is 11.3 Å². The molecule has 1 heterocycles. The third-order valence-corrected chi connectivity index (χ3v) is 4.34. The van der Waals surface area contributed by atoms with Crippen LogP contribution < -0.4 is 10.9 Å². The second kappa shape index (κ2) is 8.35. The van der Waals surface area contributed by atoms with E-state index in [1.165, 1.54) is 24.8 Å². The number of thioether (sulfide) groups is 1. The van der Waals surface area contributed by atoms with Gasteiger partial charge in [0.2, 0.25) is 5.91 Å². The van der Waals surface area contributed by atoms with E-state index in [1.807, 2.05) is 30.3 Å². The molecule has 0 fully saturated rings. The van der Waals surface area contributed by atoms with E-state index in [-0.39, 0.29) is 17.2 Å². The first-order valence-corrected chi connectivity index (χ1v) is 8.47. The van der Waals surface area contributed by atoms with Gasteiger partial charge in [0, 0.05) is 36.4 Å². The van der Waals surface area contributed by atoms with Crippen molar-refractivity contribution >= 4 is 23.6 Å². The van der Waals surface area contributed by atoms with Gasteiger partial charge in [0.15, 0.2) is 0 Å². The first-order valence-electron chi connectivity index (χ1n) is 7.32. The van der Waals surface area contributed by atoms with Gasteiger partial charge in [-0.1, -0.05) is 24.3 Å². The van der Waals surface area contributed by atoms with E-state index >= 15 is 0 Å². The molecular weight excluding hydrogens is 328 g/mol. The van der Waals surface area contributed by atoms with E-state index in [4.69, 9.17) is 5.11 Å². The largest absolute Gasteiger partial charge is 0.480 e. The molecule has 0 saturated carbocycles. The van der Waals surface area contributed by atoms with Crippen LogP contribution in [0.4, 0.5) is 0 Å². The second-order valence-corrected chi connectivity index (χ2v) is 6.22. The fraction of sp³-hybridized carbons (Fsp3) is 0.235. The lowest BCUT2D eigenvalue weighted by molar-refractivity contribution is -0.140. The van der Waals surface area contributed by atoms with Crippen LogP contribution in [0.3, 0.4) is 0 Å². The minimum Gasteiger partial charge on any atom is -0.480 e. The number of carboxylic acids is 1. The summed E-state index contributed by atoms with van der Waals surface area (Å²) in [4.78, 5) is 34.1. The first-order chi connectivity index (χ1) is 11.5. The number of aliphatic carboxylic acids is 1. The van der Waals surface area contributed by atoms with E-state index < -0.39 is 12.0 Å². The Morgan fingerprint density at radius 2 is 1.92 bits per heavy atom. The van der Waals surface area contributed by atoms with Gasteiger partial charge in [-0.25, -0.2) is 4.79 Å². The summed E-state index contributed by atoms with van der Waals surface area (Å²) in [6, 6.07) is 11.6. The summed E-state index contributed by atoms with van der Waals surface area (Å²) >= 11 is 1.38. The number of amides is 1. The Hall–Kier alpha value is -2.54. The minimum atomic E-state index is -1.06. The molecule has 1 aromatic heterocycles. The van der Waals surface area contributed by atoms with Crippen LogP contribution in [0.15, 0.2) is 53.5 Å². The first kappa shape index (κ1) is 17.8. The number of pyridine rings is 1. The number of nitrogens with one attached hydrogen (secondary N) is 1. The van der Waals surface area contributed by atoms with Crippen LogP contribution in [0.1, 0.15) is 12.5 Å². The zero-order chi connectivity index (χ0) is 17.5. The molecule has 2 N–H and O–H groups in total. The summed E-state index contributed by atoms with van der Waals surface area (Å²) in [5.41, 5.74) is 1.54. The van der Waals surface area contributed by atoms with Crippen molar-refractivity contribution < 1.29 is 14.7 Å². The van der Waals surface area contributed by atoms with Crippen molar-refractivity contribution in [1.29, 1.82) is 0 Å². The van der Waals surface area contributed by atoms with Crippen LogP contribution in [0.25, 0.3) is 5.69 Å². The molecule has 0 aliphatic carbocycles. The van der Waals surface area contributed by atoms with Crippen LogP contribution in [0, 0.1) is 0 Å². The van der Waals surface area contributed by atoms with Crippen LogP contribution in [-0.2, 0) is 15.3 Å². The molecule has 1 amide bonds. The van der Waals surface area contributed by atoms with Gasteiger partial charge in [0.25, 0.3) is 5.56 Å². The molecule has 7 heteroatoms. The molecule has 1 aromatic carbocycles. The van der Waals surface area contributed by atoms with Crippen LogP contribution in [0.2, 0.25) is 0 Å². The number of aromatic nitrogens is 1. The Bertz CT molecular complexity index is 774. The SMILES string of the molecule is CC(=O)N[C@@H](CSCc1ccc(=O)n(-c2ccccc2)c1)C(=O)O. The van der Waals surface area contributed by atoms with Gasteiger partial charge in [0.05, 0.1) is 0 Å². The third-order valence-electron chi connectivity index (χ3n) is 3.24. The van der Waals surface area contributed by atoms with Crippen molar-refractivity contribution in [2.75, 3.05) is 5.75 Å². The number of carbonyl (C=O) groups is 2. The lowest BCUT2D eigenvalue weighted by Crippen LogP contribution is -2.41. The highest BCUT2D eigenvalue weighted by molar-refractivity contribution is 7.98. The Labute approximate surface area is 143 Å². The number of carbonyl (C=O) groups excluding carboxylic acids is 1. The minimum absolute atomic E-state index is 0.128.